The van der Waals surface area contributed by atoms with Gasteiger partial charge in [0, 0.05) is 29.0 Å². The lowest BCUT2D eigenvalue weighted by atomic mass is 10.1. The molecule has 0 spiro atoms. The minimum absolute atomic E-state index is 0.405. The van der Waals surface area contributed by atoms with Gasteiger partial charge in [-0.2, -0.15) is 0 Å². The zero-order valence-corrected chi connectivity index (χ0v) is 18.9. The zero-order chi connectivity index (χ0) is 21.9. The smallest absolute Gasteiger partial charge is 0.341 e. The van der Waals surface area contributed by atoms with E-state index in [1.54, 1.807) is 24.5 Å². The topological polar surface area (TPSA) is 73.3 Å². The SMILES string of the molecule is CCCCCCCCOc1ccc(Nc2nc(-c3cccnc3)cs2)cc1C(=O)OC. The first-order valence-corrected chi connectivity index (χ1v) is 11.6. The number of carbonyl (C=O) groups is 1. The Morgan fingerprint density at radius 2 is 1.97 bits per heavy atom. The standard InChI is InChI=1S/C24H29N3O3S/c1-3-4-5-6-7-8-14-30-22-12-11-19(15-20(22)23(28)29-2)26-24-27-21(17-31-24)18-10-9-13-25-16-18/h9-13,15-17H,3-8,14H2,1-2H3,(H,26,27). The quantitative estimate of drug-likeness (QED) is 0.257. The molecule has 6 nitrogen and oxygen atoms in total. The number of ether oxygens (including phenoxy) is 2. The number of hydrogen-bond acceptors (Lipinski definition) is 7. The molecule has 7 heteroatoms. The van der Waals surface area contributed by atoms with Crippen LogP contribution in [0.1, 0.15) is 55.8 Å². The van der Waals surface area contributed by atoms with E-state index in [-0.39, 0.29) is 0 Å². The molecule has 0 aliphatic carbocycles. The molecule has 31 heavy (non-hydrogen) atoms. The monoisotopic (exact) mass is 439 g/mol. The van der Waals surface area contributed by atoms with Crippen molar-refractivity contribution in [3.05, 3.63) is 53.7 Å². The maximum absolute atomic E-state index is 12.3. The number of hydrogen-bond donors (Lipinski definition) is 1. The van der Waals surface area contributed by atoms with Crippen LogP contribution in [0.3, 0.4) is 0 Å². The fourth-order valence-corrected chi connectivity index (χ4v) is 3.91. The highest BCUT2D eigenvalue weighted by Gasteiger charge is 2.15. The van der Waals surface area contributed by atoms with Crippen LogP contribution in [0, 0.1) is 0 Å². The van der Waals surface area contributed by atoms with Gasteiger partial charge in [0.15, 0.2) is 5.13 Å². The second-order valence-electron chi connectivity index (χ2n) is 7.22. The molecular weight excluding hydrogens is 410 g/mol. The average molecular weight is 440 g/mol. The van der Waals surface area contributed by atoms with Crippen LogP contribution in [0.2, 0.25) is 0 Å². The van der Waals surface area contributed by atoms with E-state index in [0.717, 1.165) is 34.9 Å². The molecule has 3 aromatic rings. The number of thiazole rings is 1. The Morgan fingerprint density at radius 1 is 1.13 bits per heavy atom. The Bertz CT molecular complexity index is 960. The number of pyridine rings is 1. The molecule has 0 unspecified atom stereocenters. The average Bonchev–Trinajstić information content (AvgIpc) is 3.27. The lowest BCUT2D eigenvalue weighted by Gasteiger charge is -2.12. The molecule has 0 saturated heterocycles. The zero-order valence-electron chi connectivity index (χ0n) is 18.1. The molecule has 2 aromatic heterocycles. The van der Waals surface area contributed by atoms with Gasteiger partial charge in [-0.05, 0) is 36.8 Å². The molecule has 0 saturated carbocycles. The van der Waals surface area contributed by atoms with E-state index in [1.807, 2.05) is 23.6 Å². The summed E-state index contributed by atoms with van der Waals surface area (Å²) in [6.45, 7) is 2.80. The lowest BCUT2D eigenvalue weighted by molar-refractivity contribution is 0.0596. The summed E-state index contributed by atoms with van der Waals surface area (Å²) in [6, 6.07) is 9.29. The van der Waals surface area contributed by atoms with Crippen molar-refractivity contribution in [1.82, 2.24) is 9.97 Å². The van der Waals surface area contributed by atoms with Crippen LogP contribution in [0.25, 0.3) is 11.3 Å². The summed E-state index contributed by atoms with van der Waals surface area (Å²) < 4.78 is 10.8. The van der Waals surface area contributed by atoms with Gasteiger partial charge in [0.2, 0.25) is 0 Å². The molecule has 0 fully saturated rings. The molecule has 0 aliphatic heterocycles. The number of nitrogens with zero attached hydrogens (tertiary/aromatic N) is 2. The van der Waals surface area contributed by atoms with Gasteiger partial charge in [-0.1, -0.05) is 39.0 Å². The van der Waals surface area contributed by atoms with Crippen LogP contribution in [-0.2, 0) is 4.74 Å². The number of methoxy groups -OCH3 is 1. The van der Waals surface area contributed by atoms with Crippen LogP contribution < -0.4 is 10.1 Å². The van der Waals surface area contributed by atoms with Gasteiger partial charge in [-0.3, -0.25) is 4.98 Å². The second kappa shape index (κ2) is 12.1. The number of unbranched alkanes of at least 4 members (excludes halogenated alkanes) is 5. The molecule has 1 N–H and O–H groups in total. The number of anilines is 2. The summed E-state index contributed by atoms with van der Waals surface area (Å²) in [5.74, 6) is 0.123. The third kappa shape index (κ3) is 6.79. The van der Waals surface area contributed by atoms with Crippen LogP contribution >= 0.6 is 11.3 Å². The maximum Gasteiger partial charge on any atom is 0.341 e. The molecule has 0 bridgehead atoms. The van der Waals surface area contributed by atoms with Crippen molar-refractivity contribution in [1.29, 1.82) is 0 Å². The Balaban J connectivity index is 1.63. The highest BCUT2D eigenvalue weighted by Crippen LogP contribution is 2.29. The fraction of sp³-hybridized carbons (Fsp3) is 0.375. The molecule has 1 aromatic carbocycles. The highest BCUT2D eigenvalue weighted by atomic mass is 32.1. The summed E-state index contributed by atoms with van der Waals surface area (Å²) >= 11 is 1.49. The number of aromatic nitrogens is 2. The van der Waals surface area contributed by atoms with Gasteiger partial charge in [0.25, 0.3) is 0 Å². The van der Waals surface area contributed by atoms with Gasteiger partial charge in [0.05, 0.1) is 19.4 Å². The maximum atomic E-state index is 12.3. The van der Waals surface area contributed by atoms with E-state index in [1.165, 1.54) is 44.1 Å². The van der Waals surface area contributed by atoms with Crippen molar-refractivity contribution in [2.24, 2.45) is 0 Å². The van der Waals surface area contributed by atoms with Crippen molar-refractivity contribution in [3.63, 3.8) is 0 Å². The summed E-state index contributed by atoms with van der Waals surface area (Å²) in [6.07, 6.45) is 10.6. The Labute approximate surface area is 187 Å². The summed E-state index contributed by atoms with van der Waals surface area (Å²) in [7, 11) is 1.38. The molecule has 0 atom stereocenters. The number of carbonyl (C=O) groups excluding carboxylic acids is 1. The number of nitrogens with one attached hydrogen (secondary N) is 1. The summed E-state index contributed by atoms with van der Waals surface area (Å²) in [4.78, 5) is 21.0. The molecule has 0 radical (unpaired) electrons. The van der Waals surface area contributed by atoms with Gasteiger partial charge in [-0.25, -0.2) is 9.78 Å². The largest absolute Gasteiger partial charge is 0.493 e. The van der Waals surface area contributed by atoms with Crippen LogP contribution in [-0.4, -0.2) is 29.7 Å². The summed E-state index contributed by atoms with van der Waals surface area (Å²) in [5.41, 5.74) is 2.97. The Hall–Kier alpha value is -2.93. The van der Waals surface area contributed by atoms with Gasteiger partial charge >= 0.3 is 5.97 Å². The first kappa shape index (κ1) is 22.7. The number of esters is 1. The van der Waals surface area contributed by atoms with E-state index in [9.17, 15) is 4.79 Å². The van der Waals surface area contributed by atoms with Crippen LogP contribution in [0.15, 0.2) is 48.1 Å². The van der Waals surface area contributed by atoms with E-state index in [0.29, 0.717) is 17.9 Å². The first-order valence-electron chi connectivity index (χ1n) is 10.7. The lowest BCUT2D eigenvalue weighted by Crippen LogP contribution is -2.07. The number of rotatable bonds is 12. The van der Waals surface area contributed by atoms with Crippen molar-refractivity contribution < 1.29 is 14.3 Å². The molecule has 164 valence electrons. The van der Waals surface area contributed by atoms with Gasteiger partial charge < -0.3 is 14.8 Å². The molecule has 2 heterocycles. The minimum atomic E-state index is -0.420. The predicted molar refractivity (Wildman–Crippen MR) is 125 cm³/mol. The molecule has 0 amide bonds. The minimum Gasteiger partial charge on any atom is -0.493 e. The van der Waals surface area contributed by atoms with Crippen molar-refractivity contribution in [3.8, 4) is 17.0 Å². The van der Waals surface area contributed by atoms with E-state index >= 15 is 0 Å². The van der Waals surface area contributed by atoms with E-state index in [4.69, 9.17) is 9.47 Å². The third-order valence-electron chi connectivity index (χ3n) is 4.85. The fourth-order valence-electron chi connectivity index (χ4n) is 3.17. The summed E-state index contributed by atoms with van der Waals surface area (Å²) in [5, 5.41) is 5.96. The molecular formula is C24H29N3O3S. The van der Waals surface area contributed by atoms with Gasteiger partial charge in [-0.15, -0.1) is 11.3 Å². The normalized spacial score (nSPS) is 10.6. The van der Waals surface area contributed by atoms with Gasteiger partial charge in [0.1, 0.15) is 11.3 Å². The molecule has 3 rings (SSSR count). The van der Waals surface area contributed by atoms with E-state index < -0.39 is 5.97 Å². The second-order valence-corrected chi connectivity index (χ2v) is 8.08. The third-order valence-corrected chi connectivity index (χ3v) is 5.61. The van der Waals surface area contributed by atoms with Crippen molar-refractivity contribution in [2.75, 3.05) is 19.0 Å². The first-order chi connectivity index (χ1) is 15.2. The Morgan fingerprint density at radius 3 is 2.74 bits per heavy atom. The van der Waals surface area contributed by atoms with Crippen LogP contribution in [0.5, 0.6) is 5.75 Å². The predicted octanol–water partition coefficient (Wildman–Crippen LogP) is 6.47. The van der Waals surface area contributed by atoms with Crippen molar-refractivity contribution in [2.45, 2.75) is 45.4 Å². The van der Waals surface area contributed by atoms with Crippen LogP contribution in [0.4, 0.5) is 10.8 Å². The van der Waals surface area contributed by atoms with E-state index in [2.05, 4.69) is 22.2 Å². The number of benzene rings is 1. The van der Waals surface area contributed by atoms with Crippen molar-refractivity contribution >= 4 is 28.1 Å². The highest BCUT2D eigenvalue weighted by molar-refractivity contribution is 7.14. The Kier molecular flexibility index (Phi) is 8.84. The molecule has 0 aliphatic rings.